The first kappa shape index (κ1) is 21.8. The Morgan fingerprint density at radius 3 is 2.91 bits per heavy atom. The number of aromatic nitrogens is 1. The maximum atomic E-state index is 13.0. The number of thiophene rings is 2. The number of hydrogen-bond acceptors (Lipinski definition) is 7. The summed E-state index contributed by atoms with van der Waals surface area (Å²) in [6.45, 7) is 2.58. The molecule has 0 saturated carbocycles. The Kier molecular flexibility index (Phi) is 5.77. The number of aryl methyl sites for hydroxylation is 1. The Morgan fingerprint density at radius 1 is 1.27 bits per heavy atom. The van der Waals surface area contributed by atoms with Crippen LogP contribution in [-0.4, -0.2) is 53.0 Å². The van der Waals surface area contributed by atoms with Crippen LogP contribution >= 0.6 is 22.7 Å². The quantitative estimate of drug-likeness (QED) is 0.436. The van der Waals surface area contributed by atoms with Crippen LogP contribution in [0.2, 0.25) is 0 Å². The van der Waals surface area contributed by atoms with Gasteiger partial charge in [0.2, 0.25) is 0 Å². The van der Waals surface area contributed by atoms with Crippen LogP contribution in [0, 0.1) is 6.92 Å². The van der Waals surface area contributed by atoms with E-state index in [9.17, 15) is 14.7 Å². The van der Waals surface area contributed by atoms with E-state index >= 15 is 0 Å². The van der Waals surface area contributed by atoms with Gasteiger partial charge >= 0.3 is 0 Å². The molecule has 2 N–H and O–H groups in total. The van der Waals surface area contributed by atoms with Crippen LogP contribution < -0.4 is 10.1 Å². The van der Waals surface area contributed by atoms with Crippen molar-refractivity contribution in [3.05, 3.63) is 51.8 Å². The van der Waals surface area contributed by atoms with E-state index in [1.165, 1.54) is 11.3 Å². The Bertz CT molecular complexity index is 1380. The van der Waals surface area contributed by atoms with Crippen molar-refractivity contribution in [1.29, 1.82) is 0 Å². The van der Waals surface area contributed by atoms with Crippen molar-refractivity contribution in [2.75, 3.05) is 20.2 Å². The lowest BCUT2D eigenvalue weighted by Crippen LogP contribution is -2.37. The van der Waals surface area contributed by atoms with Crippen LogP contribution in [0.3, 0.4) is 0 Å². The number of aliphatic hydroxyl groups excluding tert-OH is 1. The highest BCUT2D eigenvalue weighted by molar-refractivity contribution is 7.21. The number of hydrogen-bond donors (Lipinski definition) is 2. The molecule has 3 aromatic heterocycles. The molecule has 0 aliphatic carbocycles. The second-order valence-corrected chi connectivity index (χ2v) is 10.3. The SMILES string of the molecule is CNC(=O)c1c(C)sc2cc(Oc3ccnc4cc(C(=O)N5CCC[C@H]5CO)sc34)ccc12. The van der Waals surface area contributed by atoms with E-state index < -0.39 is 0 Å². The summed E-state index contributed by atoms with van der Waals surface area (Å²) >= 11 is 2.91. The summed E-state index contributed by atoms with van der Waals surface area (Å²) in [4.78, 5) is 33.0. The summed E-state index contributed by atoms with van der Waals surface area (Å²) in [5.41, 5.74) is 1.40. The van der Waals surface area contributed by atoms with Crippen LogP contribution in [0.15, 0.2) is 36.5 Å². The minimum Gasteiger partial charge on any atom is -0.456 e. The van der Waals surface area contributed by atoms with E-state index in [0.29, 0.717) is 34.0 Å². The maximum Gasteiger partial charge on any atom is 0.264 e. The zero-order valence-electron chi connectivity index (χ0n) is 18.3. The predicted octanol–water partition coefficient (Wildman–Crippen LogP) is 4.57. The average molecular weight is 482 g/mol. The van der Waals surface area contributed by atoms with Crippen molar-refractivity contribution in [2.24, 2.45) is 0 Å². The molecule has 1 aromatic carbocycles. The van der Waals surface area contributed by atoms with Gasteiger partial charge in [-0.05, 0) is 44.0 Å². The number of carbonyl (C=O) groups is 2. The number of rotatable bonds is 5. The van der Waals surface area contributed by atoms with Crippen LogP contribution in [0.4, 0.5) is 0 Å². The molecule has 0 bridgehead atoms. The summed E-state index contributed by atoms with van der Waals surface area (Å²) < 4.78 is 7.98. The van der Waals surface area contributed by atoms with Gasteiger partial charge in [-0.25, -0.2) is 0 Å². The molecule has 0 unspecified atom stereocenters. The number of nitrogens with one attached hydrogen (secondary N) is 1. The highest BCUT2D eigenvalue weighted by atomic mass is 32.1. The van der Waals surface area contributed by atoms with Gasteiger partial charge in [0.05, 0.1) is 33.3 Å². The fourth-order valence-electron chi connectivity index (χ4n) is 4.33. The van der Waals surface area contributed by atoms with Gasteiger partial charge in [-0.3, -0.25) is 14.6 Å². The lowest BCUT2D eigenvalue weighted by atomic mass is 10.1. The number of nitrogens with zero attached hydrogens (tertiary/aromatic N) is 2. The van der Waals surface area contributed by atoms with E-state index in [4.69, 9.17) is 4.74 Å². The highest BCUT2D eigenvalue weighted by Crippen LogP contribution is 2.38. The van der Waals surface area contributed by atoms with Gasteiger partial charge in [-0.15, -0.1) is 22.7 Å². The third kappa shape index (κ3) is 3.86. The van der Waals surface area contributed by atoms with Crippen LogP contribution in [0.5, 0.6) is 11.5 Å². The molecule has 1 fully saturated rings. The van der Waals surface area contributed by atoms with E-state index in [0.717, 1.165) is 32.5 Å². The largest absolute Gasteiger partial charge is 0.456 e. The third-order valence-electron chi connectivity index (χ3n) is 5.95. The number of ether oxygens (including phenoxy) is 1. The number of likely N-dealkylation sites (tertiary alicyclic amines) is 1. The molecule has 5 rings (SSSR count). The number of aliphatic hydroxyl groups is 1. The number of amides is 2. The Labute approximate surface area is 198 Å². The van der Waals surface area contributed by atoms with Crippen molar-refractivity contribution in [1.82, 2.24) is 15.2 Å². The van der Waals surface area contributed by atoms with Crippen molar-refractivity contribution >= 4 is 54.8 Å². The highest BCUT2D eigenvalue weighted by Gasteiger charge is 2.30. The van der Waals surface area contributed by atoms with Gasteiger partial charge in [0.25, 0.3) is 11.8 Å². The topological polar surface area (TPSA) is 91.8 Å². The Morgan fingerprint density at radius 2 is 2.12 bits per heavy atom. The summed E-state index contributed by atoms with van der Waals surface area (Å²) in [5.74, 6) is 1.11. The zero-order valence-corrected chi connectivity index (χ0v) is 19.9. The van der Waals surface area contributed by atoms with Crippen LogP contribution in [0.25, 0.3) is 20.3 Å². The molecule has 7 nitrogen and oxygen atoms in total. The Balaban J connectivity index is 1.46. The smallest absolute Gasteiger partial charge is 0.264 e. The number of carbonyl (C=O) groups excluding carboxylic acids is 2. The molecule has 2 amide bonds. The predicted molar refractivity (Wildman–Crippen MR) is 131 cm³/mol. The molecule has 0 spiro atoms. The fourth-order valence-corrected chi connectivity index (χ4v) is 6.44. The zero-order chi connectivity index (χ0) is 23.1. The Hall–Kier alpha value is -3.01. The normalized spacial score (nSPS) is 16.0. The van der Waals surface area contributed by atoms with Gasteiger partial charge < -0.3 is 20.1 Å². The monoisotopic (exact) mass is 481 g/mol. The van der Waals surface area contributed by atoms with Crippen molar-refractivity contribution < 1.29 is 19.4 Å². The molecule has 4 heterocycles. The molecule has 9 heteroatoms. The number of pyridine rings is 1. The summed E-state index contributed by atoms with van der Waals surface area (Å²) in [5, 5.41) is 13.2. The maximum absolute atomic E-state index is 13.0. The molecule has 4 aromatic rings. The molecule has 0 radical (unpaired) electrons. The first-order valence-corrected chi connectivity index (χ1v) is 12.4. The van der Waals surface area contributed by atoms with Crippen LogP contribution in [-0.2, 0) is 0 Å². The lowest BCUT2D eigenvalue weighted by molar-refractivity contribution is 0.0682. The molecule has 33 heavy (non-hydrogen) atoms. The van der Waals surface area contributed by atoms with Crippen molar-refractivity contribution in [3.63, 3.8) is 0 Å². The van der Waals surface area contributed by atoms with Gasteiger partial charge in [0.1, 0.15) is 11.5 Å². The lowest BCUT2D eigenvalue weighted by Gasteiger charge is -2.22. The first-order valence-electron chi connectivity index (χ1n) is 10.7. The van der Waals surface area contributed by atoms with Crippen LogP contribution in [0.1, 0.15) is 37.7 Å². The molecule has 1 saturated heterocycles. The second kappa shape index (κ2) is 8.74. The minimum atomic E-state index is -0.118. The molecule has 1 aliphatic heterocycles. The van der Waals surface area contributed by atoms with Gasteiger partial charge in [0, 0.05) is 40.8 Å². The van der Waals surface area contributed by atoms with Gasteiger partial charge in [-0.2, -0.15) is 0 Å². The fraction of sp³-hybridized carbons (Fsp3) is 0.292. The van der Waals surface area contributed by atoms with E-state index in [1.54, 1.807) is 41.6 Å². The minimum absolute atomic E-state index is 0.0183. The van der Waals surface area contributed by atoms with E-state index in [1.807, 2.05) is 25.1 Å². The average Bonchev–Trinajstić information content (AvgIpc) is 3.54. The van der Waals surface area contributed by atoms with Gasteiger partial charge in [0.15, 0.2) is 0 Å². The molecule has 1 atom stereocenters. The summed E-state index contributed by atoms with van der Waals surface area (Å²) in [7, 11) is 1.63. The van der Waals surface area contributed by atoms with E-state index in [2.05, 4.69) is 10.3 Å². The molecule has 1 aliphatic rings. The molecule has 170 valence electrons. The molecular formula is C24H23N3O4S2. The standard InChI is InChI=1S/C24H23N3O4S2/c1-13-21(23(29)25-2)16-6-5-15(10-19(16)32-13)31-18-7-8-26-17-11-20(33-22(17)18)24(30)27-9-3-4-14(27)12-28/h5-8,10-11,14,28H,3-4,9,12H2,1-2H3,(H,25,29)/t14-/m0/s1. The second-order valence-electron chi connectivity index (χ2n) is 7.98. The summed E-state index contributed by atoms with van der Waals surface area (Å²) in [6, 6.07) is 9.16. The number of benzene rings is 1. The van der Waals surface area contributed by atoms with Crippen molar-refractivity contribution in [2.45, 2.75) is 25.8 Å². The third-order valence-corrected chi connectivity index (χ3v) is 8.15. The molecular weight excluding hydrogens is 458 g/mol. The van der Waals surface area contributed by atoms with E-state index in [-0.39, 0.29) is 24.5 Å². The van der Waals surface area contributed by atoms with Crippen molar-refractivity contribution in [3.8, 4) is 11.5 Å². The number of fused-ring (bicyclic) bond motifs is 2. The van der Waals surface area contributed by atoms with Gasteiger partial charge in [-0.1, -0.05) is 0 Å². The summed E-state index contributed by atoms with van der Waals surface area (Å²) in [6.07, 6.45) is 3.40. The first-order chi connectivity index (χ1) is 16.0.